The lowest BCUT2D eigenvalue weighted by Crippen LogP contribution is -2.12. The second-order valence-corrected chi connectivity index (χ2v) is 5.69. The third-order valence-corrected chi connectivity index (χ3v) is 4.04. The van der Waals surface area contributed by atoms with Crippen molar-refractivity contribution < 1.29 is 4.79 Å². The first-order chi connectivity index (χ1) is 12.2. The zero-order valence-electron chi connectivity index (χ0n) is 13.5. The molecule has 1 aromatic heterocycles. The van der Waals surface area contributed by atoms with E-state index >= 15 is 0 Å². The van der Waals surface area contributed by atoms with E-state index in [4.69, 9.17) is 0 Å². The molecule has 0 spiro atoms. The maximum Gasteiger partial charge on any atom is 0.255 e. The maximum absolute atomic E-state index is 12.7. The molecule has 0 aliphatic carbocycles. The quantitative estimate of drug-likeness (QED) is 0.626. The summed E-state index contributed by atoms with van der Waals surface area (Å²) in [4.78, 5) is 12.7. The minimum atomic E-state index is -0.173. The number of anilines is 1. The SMILES string of the molecule is Cn1nnnc1-c1cccc(C(=O)Nc2cccc3ccccc23)c1. The number of amides is 1. The van der Waals surface area contributed by atoms with Crippen LogP contribution < -0.4 is 5.32 Å². The van der Waals surface area contributed by atoms with Crippen LogP contribution in [0.25, 0.3) is 22.2 Å². The molecule has 4 aromatic rings. The zero-order valence-corrected chi connectivity index (χ0v) is 13.5. The van der Waals surface area contributed by atoms with Crippen molar-refractivity contribution in [3.8, 4) is 11.4 Å². The molecule has 0 radical (unpaired) electrons. The van der Waals surface area contributed by atoms with Gasteiger partial charge in [-0.25, -0.2) is 4.68 Å². The van der Waals surface area contributed by atoms with Crippen LogP contribution in [0.2, 0.25) is 0 Å². The molecule has 0 fully saturated rings. The van der Waals surface area contributed by atoms with Crippen molar-refractivity contribution in [3.05, 3.63) is 72.3 Å². The van der Waals surface area contributed by atoms with E-state index in [2.05, 4.69) is 20.8 Å². The average Bonchev–Trinajstić information content (AvgIpc) is 3.08. The summed E-state index contributed by atoms with van der Waals surface area (Å²) in [6, 6.07) is 21.1. The van der Waals surface area contributed by atoms with Crippen molar-refractivity contribution in [2.75, 3.05) is 5.32 Å². The monoisotopic (exact) mass is 329 g/mol. The molecule has 122 valence electrons. The third-order valence-electron chi connectivity index (χ3n) is 4.04. The van der Waals surface area contributed by atoms with Crippen molar-refractivity contribution in [2.24, 2.45) is 7.05 Å². The minimum absolute atomic E-state index is 0.173. The lowest BCUT2D eigenvalue weighted by Gasteiger charge is -2.09. The van der Waals surface area contributed by atoms with Crippen LogP contribution in [0.1, 0.15) is 10.4 Å². The van der Waals surface area contributed by atoms with Gasteiger partial charge >= 0.3 is 0 Å². The van der Waals surface area contributed by atoms with E-state index in [9.17, 15) is 4.79 Å². The highest BCUT2D eigenvalue weighted by Crippen LogP contribution is 2.24. The number of fused-ring (bicyclic) bond motifs is 1. The zero-order chi connectivity index (χ0) is 17.2. The fourth-order valence-corrected chi connectivity index (χ4v) is 2.80. The number of rotatable bonds is 3. The van der Waals surface area contributed by atoms with Gasteiger partial charge in [0.25, 0.3) is 5.91 Å². The van der Waals surface area contributed by atoms with Crippen molar-refractivity contribution in [1.29, 1.82) is 0 Å². The first-order valence-electron chi connectivity index (χ1n) is 7.84. The molecule has 25 heavy (non-hydrogen) atoms. The standard InChI is InChI=1S/C19H15N5O/c1-24-18(21-22-23-24)14-8-4-9-15(12-14)19(25)20-17-11-5-7-13-6-2-3-10-16(13)17/h2-12H,1H3,(H,20,25). The van der Waals surface area contributed by atoms with Crippen LogP contribution in [-0.4, -0.2) is 26.1 Å². The molecule has 0 saturated carbocycles. The summed E-state index contributed by atoms with van der Waals surface area (Å²) < 4.78 is 1.57. The van der Waals surface area contributed by atoms with Gasteiger partial charge in [0, 0.05) is 29.2 Å². The van der Waals surface area contributed by atoms with Crippen LogP contribution in [-0.2, 0) is 7.05 Å². The van der Waals surface area contributed by atoms with Gasteiger partial charge in [0.1, 0.15) is 0 Å². The Bertz CT molecular complexity index is 1060. The maximum atomic E-state index is 12.7. The Kier molecular flexibility index (Phi) is 3.70. The van der Waals surface area contributed by atoms with E-state index in [1.54, 1.807) is 23.9 Å². The van der Waals surface area contributed by atoms with Gasteiger partial charge in [-0.15, -0.1) is 5.10 Å². The summed E-state index contributed by atoms with van der Waals surface area (Å²) in [6.07, 6.45) is 0. The molecule has 1 N–H and O–H groups in total. The summed E-state index contributed by atoms with van der Waals surface area (Å²) in [5.41, 5.74) is 2.13. The highest BCUT2D eigenvalue weighted by atomic mass is 16.1. The fourth-order valence-electron chi connectivity index (χ4n) is 2.80. The minimum Gasteiger partial charge on any atom is -0.321 e. The summed E-state index contributed by atoms with van der Waals surface area (Å²) in [6.45, 7) is 0. The van der Waals surface area contributed by atoms with Crippen LogP contribution in [0, 0.1) is 0 Å². The molecule has 0 unspecified atom stereocenters. The second-order valence-electron chi connectivity index (χ2n) is 5.69. The number of hydrogen-bond donors (Lipinski definition) is 1. The van der Waals surface area contributed by atoms with Gasteiger partial charge in [-0.05, 0) is 34.0 Å². The van der Waals surface area contributed by atoms with Gasteiger partial charge in [0.2, 0.25) is 0 Å². The normalized spacial score (nSPS) is 10.8. The molecule has 0 saturated heterocycles. The number of aromatic nitrogens is 4. The highest BCUT2D eigenvalue weighted by molar-refractivity contribution is 6.09. The van der Waals surface area contributed by atoms with E-state index in [0.29, 0.717) is 11.4 Å². The second kappa shape index (κ2) is 6.16. The summed E-state index contributed by atoms with van der Waals surface area (Å²) in [5.74, 6) is 0.438. The molecular formula is C19H15N5O. The predicted molar refractivity (Wildman–Crippen MR) is 96.1 cm³/mol. The number of hydrogen-bond acceptors (Lipinski definition) is 4. The molecule has 0 aliphatic heterocycles. The fraction of sp³-hybridized carbons (Fsp3) is 0.0526. The number of tetrazole rings is 1. The number of nitrogens with zero attached hydrogens (tertiary/aromatic N) is 4. The van der Waals surface area contributed by atoms with Crippen LogP contribution in [0.15, 0.2) is 66.7 Å². The lowest BCUT2D eigenvalue weighted by atomic mass is 10.1. The first-order valence-corrected chi connectivity index (χ1v) is 7.84. The smallest absolute Gasteiger partial charge is 0.255 e. The van der Waals surface area contributed by atoms with Gasteiger partial charge in [-0.1, -0.05) is 48.5 Å². The Morgan fingerprint density at radius 2 is 1.80 bits per heavy atom. The van der Waals surface area contributed by atoms with Crippen LogP contribution >= 0.6 is 0 Å². The molecule has 1 heterocycles. The van der Waals surface area contributed by atoms with E-state index in [1.165, 1.54) is 0 Å². The van der Waals surface area contributed by atoms with E-state index in [1.807, 2.05) is 54.6 Å². The number of benzene rings is 3. The summed E-state index contributed by atoms with van der Waals surface area (Å²) in [5, 5.41) is 16.5. The molecule has 6 nitrogen and oxygen atoms in total. The summed E-state index contributed by atoms with van der Waals surface area (Å²) >= 11 is 0. The number of nitrogens with one attached hydrogen (secondary N) is 1. The van der Waals surface area contributed by atoms with Crippen LogP contribution in [0.3, 0.4) is 0 Å². The van der Waals surface area contributed by atoms with Gasteiger partial charge in [-0.2, -0.15) is 0 Å². The number of aryl methyl sites for hydroxylation is 1. The van der Waals surface area contributed by atoms with E-state index in [-0.39, 0.29) is 5.91 Å². The third kappa shape index (κ3) is 2.85. The molecule has 4 rings (SSSR count). The number of carbonyl (C=O) groups is 1. The summed E-state index contributed by atoms with van der Waals surface area (Å²) in [7, 11) is 1.76. The Morgan fingerprint density at radius 1 is 1.00 bits per heavy atom. The van der Waals surface area contributed by atoms with Gasteiger partial charge in [0.15, 0.2) is 5.82 Å². The Morgan fingerprint density at radius 3 is 2.64 bits per heavy atom. The van der Waals surface area contributed by atoms with Gasteiger partial charge < -0.3 is 5.32 Å². The van der Waals surface area contributed by atoms with Crippen LogP contribution in [0.5, 0.6) is 0 Å². The molecule has 0 atom stereocenters. The van der Waals surface area contributed by atoms with Gasteiger partial charge in [-0.3, -0.25) is 4.79 Å². The van der Waals surface area contributed by atoms with Crippen molar-refractivity contribution in [2.45, 2.75) is 0 Å². The average molecular weight is 329 g/mol. The Balaban J connectivity index is 1.66. The van der Waals surface area contributed by atoms with Crippen molar-refractivity contribution in [1.82, 2.24) is 20.2 Å². The largest absolute Gasteiger partial charge is 0.321 e. The topological polar surface area (TPSA) is 72.7 Å². The molecular weight excluding hydrogens is 314 g/mol. The Hall–Kier alpha value is -3.54. The molecule has 3 aromatic carbocycles. The molecule has 0 aliphatic rings. The highest BCUT2D eigenvalue weighted by Gasteiger charge is 2.12. The number of carbonyl (C=O) groups excluding carboxylic acids is 1. The lowest BCUT2D eigenvalue weighted by molar-refractivity contribution is 0.102. The van der Waals surface area contributed by atoms with Crippen molar-refractivity contribution >= 4 is 22.4 Å². The molecule has 6 heteroatoms. The van der Waals surface area contributed by atoms with Crippen molar-refractivity contribution in [3.63, 3.8) is 0 Å². The van der Waals surface area contributed by atoms with E-state index < -0.39 is 0 Å². The molecule has 0 bridgehead atoms. The van der Waals surface area contributed by atoms with Gasteiger partial charge in [0.05, 0.1) is 0 Å². The first kappa shape index (κ1) is 15.0. The predicted octanol–water partition coefficient (Wildman–Crippen LogP) is 3.28. The van der Waals surface area contributed by atoms with E-state index in [0.717, 1.165) is 22.0 Å². The van der Waals surface area contributed by atoms with Crippen LogP contribution in [0.4, 0.5) is 5.69 Å². The Labute approximate surface area is 144 Å². The molecule has 1 amide bonds.